The first-order chi connectivity index (χ1) is 9.83. The summed E-state index contributed by atoms with van der Waals surface area (Å²) in [6.45, 7) is 7.45. The Bertz CT molecular complexity index is 440. The van der Waals surface area contributed by atoms with Crippen LogP contribution in [0.2, 0.25) is 0 Å². The number of piperazine rings is 1. The molecule has 4 heteroatoms. The molecule has 2 fully saturated rings. The first kappa shape index (κ1) is 13.7. The van der Waals surface area contributed by atoms with Gasteiger partial charge in [0, 0.05) is 26.2 Å². The van der Waals surface area contributed by atoms with E-state index in [1.807, 2.05) is 0 Å². The summed E-state index contributed by atoms with van der Waals surface area (Å²) in [6, 6.07) is 6.37. The second kappa shape index (κ2) is 6.46. The highest BCUT2D eigenvalue weighted by atomic mass is 16.7. The molecule has 1 heterocycles. The van der Waals surface area contributed by atoms with Gasteiger partial charge in [0.25, 0.3) is 0 Å². The van der Waals surface area contributed by atoms with Crippen LogP contribution in [0.3, 0.4) is 0 Å². The monoisotopic (exact) mass is 276 g/mol. The summed E-state index contributed by atoms with van der Waals surface area (Å²) in [6.07, 6.45) is 2.63. The molecule has 0 unspecified atom stereocenters. The Morgan fingerprint density at radius 1 is 1.25 bits per heavy atom. The highest BCUT2D eigenvalue weighted by molar-refractivity contribution is 5.60. The van der Waals surface area contributed by atoms with E-state index in [1.54, 1.807) is 0 Å². The molecule has 0 radical (unpaired) electrons. The number of aryl methyl sites for hydroxylation is 1. The van der Waals surface area contributed by atoms with E-state index in [-0.39, 0.29) is 0 Å². The number of benzene rings is 1. The molecule has 2 aliphatic rings. The maximum absolute atomic E-state index is 5.84. The molecule has 1 aliphatic carbocycles. The van der Waals surface area contributed by atoms with E-state index >= 15 is 0 Å². The first-order valence-electron chi connectivity index (χ1n) is 7.60. The van der Waals surface area contributed by atoms with Gasteiger partial charge in [-0.1, -0.05) is 6.07 Å². The van der Waals surface area contributed by atoms with Crippen molar-refractivity contribution < 1.29 is 9.47 Å². The summed E-state index contributed by atoms with van der Waals surface area (Å²) >= 11 is 0. The van der Waals surface area contributed by atoms with E-state index in [0.29, 0.717) is 6.79 Å². The molecular formula is C16H24N2O2. The molecule has 0 bridgehead atoms. The fourth-order valence-corrected chi connectivity index (χ4v) is 2.51. The van der Waals surface area contributed by atoms with Crippen LogP contribution < -0.4 is 15.0 Å². The van der Waals surface area contributed by atoms with Crippen molar-refractivity contribution in [3.05, 3.63) is 23.8 Å². The molecule has 1 aliphatic heterocycles. The third-order valence-corrected chi connectivity index (χ3v) is 3.92. The van der Waals surface area contributed by atoms with Crippen molar-refractivity contribution in [1.29, 1.82) is 0 Å². The highest BCUT2D eigenvalue weighted by Gasteiger charge is 2.21. The Morgan fingerprint density at radius 2 is 2.05 bits per heavy atom. The van der Waals surface area contributed by atoms with E-state index < -0.39 is 0 Å². The molecule has 110 valence electrons. The average molecular weight is 276 g/mol. The largest absolute Gasteiger partial charge is 0.465 e. The number of ether oxygens (including phenoxy) is 2. The smallest absolute Gasteiger partial charge is 0.189 e. The summed E-state index contributed by atoms with van der Waals surface area (Å²) in [5.41, 5.74) is 2.46. The molecule has 1 saturated heterocycles. The number of nitrogens with zero attached hydrogens (tertiary/aromatic N) is 1. The SMILES string of the molecule is Cc1ccc(OCOCC2CC2)c(N2CCNCC2)c1. The zero-order chi connectivity index (χ0) is 13.8. The van der Waals surface area contributed by atoms with Crippen LogP contribution in [0.5, 0.6) is 5.75 Å². The molecule has 1 saturated carbocycles. The van der Waals surface area contributed by atoms with Crippen molar-refractivity contribution in [3.63, 3.8) is 0 Å². The van der Waals surface area contributed by atoms with Crippen LogP contribution in [0.4, 0.5) is 5.69 Å². The van der Waals surface area contributed by atoms with Gasteiger partial charge < -0.3 is 19.7 Å². The van der Waals surface area contributed by atoms with Crippen molar-refractivity contribution in [3.8, 4) is 5.75 Å². The van der Waals surface area contributed by atoms with Gasteiger partial charge in [-0.15, -0.1) is 0 Å². The van der Waals surface area contributed by atoms with E-state index in [2.05, 4.69) is 35.3 Å². The van der Waals surface area contributed by atoms with E-state index in [0.717, 1.165) is 44.5 Å². The Hall–Kier alpha value is -1.26. The Kier molecular flexibility index (Phi) is 4.43. The van der Waals surface area contributed by atoms with Gasteiger partial charge in [-0.2, -0.15) is 0 Å². The highest BCUT2D eigenvalue weighted by Crippen LogP contribution is 2.31. The summed E-state index contributed by atoms with van der Waals surface area (Å²) in [4.78, 5) is 2.39. The second-order valence-corrected chi connectivity index (χ2v) is 5.78. The Labute approximate surface area is 121 Å². The number of hydrogen-bond acceptors (Lipinski definition) is 4. The molecular weight excluding hydrogens is 252 g/mol. The van der Waals surface area contributed by atoms with Crippen LogP contribution in [0.1, 0.15) is 18.4 Å². The molecule has 1 aromatic carbocycles. The fraction of sp³-hybridized carbons (Fsp3) is 0.625. The van der Waals surface area contributed by atoms with Gasteiger partial charge in [0.05, 0.1) is 12.3 Å². The van der Waals surface area contributed by atoms with Crippen molar-refractivity contribution >= 4 is 5.69 Å². The number of rotatable bonds is 6. The predicted octanol–water partition coefficient (Wildman–Crippen LogP) is 2.17. The van der Waals surface area contributed by atoms with Crippen molar-refractivity contribution in [1.82, 2.24) is 5.32 Å². The molecule has 0 spiro atoms. The standard InChI is InChI=1S/C16H24N2O2/c1-13-2-5-16(20-12-19-11-14-3-4-14)15(10-13)18-8-6-17-7-9-18/h2,5,10,14,17H,3-4,6-9,11-12H2,1H3. The third-order valence-electron chi connectivity index (χ3n) is 3.92. The average Bonchev–Trinajstić information content (AvgIpc) is 3.30. The van der Waals surface area contributed by atoms with Gasteiger partial charge in [-0.05, 0) is 43.4 Å². The Morgan fingerprint density at radius 3 is 2.80 bits per heavy atom. The summed E-state index contributed by atoms with van der Waals surface area (Å²) in [5, 5.41) is 3.38. The van der Waals surface area contributed by atoms with E-state index in [4.69, 9.17) is 9.47 Å². The minimum Gasteiger partial charge on any atom is -0.465 e. The van der Waals surface area contributed by atoms with Gasteiger partial charge in [0.2, 0.25) is 0 Å². The molecule has 0 amide bonds. The number of anilines is 1. The molecule has 3 rings (SSSR count). The predicted molar refractivity (Wildman–Crippen MR) is 80.4 cm³/mol. The van der Waals surface area contributed by atoms with Gasteiger partial charge in [-0.25, -0.2) is 0 Å². The lowest BCUT2D eigenvalue weighted by Crippen LogP contribution is -2.43. The van der Waals surface area contributed by atoms with Gasteiger partial charge in [0.15, 0.2) is 6.79 Å². The molecule has 0 atom stereocenters. The van der Waals surface area contributed by atoms with Crippen molar-refractivity contribution in [2.75, 3.05) is 44.5 Å². The van der Waals surface area contributed by atoms with Crippen LogP contribution in [0.15, 0.2) is 18.2 Å². The number of hydrogen-bond donors (Lipinski definition) is 1. The van der Waals surface area contributed by atoms with Gasteiger partial charge in [0.1, 0.15) is 5.75 Å². The molecule has 20 heavy (non-hydrogen) atoms. The minimum atomic E-state index is 0.360. The zero-order valence-corrected chi connectivity index (χ0v) is 12.2. The number of nitrogens with one attached hydrogen (secondary N) is 1. The Balaban J connectivity index is 1.61. The normalized spacial score (nSPS) is 19.1. The van der Waals surface area contributed by atoms with Gasteiger partial charge in [-0.3, -0.25) is 0 Å². The van der Waals surface area contributed by atoms with Crippen LogP contribution in [0.25, 0.3) is 0 Å². The van der Waals surface area contributed by atoms with Crippen LogP contribution in [-0.4, -0.2) is 39.6 Å². The lowest BCUT2D eigenvalue weighted by molar-refractivity contribution is 0.0102. The minimum absolute atomic E-state index is 0.360. The molecule has 0 aromatic heterocycles. The topological polar surface area (TPSA) is 33.7 Å². The van der Waals surface area contributed by atoms with Crippen LogP contribution in [0, 0.1) is 12.8 Å². The lowest BCUT2D eigenvalue weighted by Gasteiger charge is -2.31. The quantitative estimate of drug-likeness (QED) is 0.638. The van der Waals surface area contributed by atoms with Crippen LogP contribution in [-0.2, 0) is 4.74 Å². The molecule has 1 N–H and O–H groups in total. The maximum atomic E-state index is 5.84. The summed E-state index contributed by atoms with van der Waals surface area (Å²) in [5.74, 6) is 1.72. The van der Waals surface area contributed by atoms with Crippen LogP contribution >= 0.6 is 0 Å². The molecule has 4 nitrogen and oxygen atoms in total. The lowest BCUT2D eigenvalue weighted by atomic mass is 10.1. The second-order valence-electron chi connectivity index (χ2n) is 5.78. The summed E-state index contributed by atoms with van der Waals surface area (Å²) < 4.78 is 11.4. The van der Waals surface area contributed by atoms with Crippen molar-refractivity contribution in [2.45, 2.75) is 19.8 Å². The zero-order valence-electron chi connectivity index (χ0n) is 12.2. The van der Waals surface area contributed by atoms with Crippen molar-refractivity contribution in [2.24, 2.45) is 5.92 Å². The first-order valence-corrected chi connectivity index (χ1v) is 7.60. The third kappa shape index (κ3) is 3.64. The maximum Gasteiger partial charge on any atom is 0.189 e. The fourth-order valence-electron chi connectivity index (χ4n) is 2.51. The van der Waals surface area contributed by atoms with Gasteiger partial charge >= 0.3 is 0 Å². The summed E-state index contributed by atoms with van der Waals surface area (Å²) in [7, 11) is 0. The van der Waals surface area contributed by atoms with E-state index in [1.165, 1.54) is 24.1 Å². The van der Waals surface area contributed by atoms with E-state index in [9.17, 15) is 0 Å². The molecule has 1 aromatic rings.